The molecular formula is C24H28FN5O4. The van der Waals surface area contributed by atoms with Crippen molar-refractivity contribution in [1.29, 1.82) is 0 Å². The zero-order valence-electron chi connectivity index (χ0n) is 19.2. The van der Waals surface area contributed by atoms with Crippen molar-refractivity contribution in [3.63, 3.8) is 0 Å². The number of methoxy groups -OCH3 is 1. The van der Waals surface area contributed by atoms with Gasteiger partial charge in [-0.25, -0.2) is 10.2 Å². The summed E-state index contributed by atoms with van der Waals surface area (Å²) in [5.41, 5.74) is 1.75. The van der Waals surface area contributed by atoms with Crippen LogP contribution in [0.3, 0.4) is 0 Å². The van der Waals surface area contributed by atoms with Gasteiger partial charge in [0.05, 0.1) is 19.6 Å². The van der Waals surface area contributed by atoms with Crippen molar-refractivity contribution < 1.29 is 23.5 Å². The average Bonchev–Trinajstić information content (AvgIpc) is 3.19. The lowest BCUT2D eigenvalue weighted by Gasteiger charge is -2.32. The van der Waals surface area contributed by atoms with Crippen molar-refractivity contribution in [3.05, 3.63) is 52.8 Å². The summed E-state index contributed by atoms with van der Waals surface area (Å²) >= 11 is 0. The standard InChI is InChI=1S/C24H28FN5O4/c1-27-22(32)20(31)19-13-30(26)21-17(19)12-18(23(28-21)34-2)24(33)29-9-7-15(8-10-29)11-14-3-5-16(25)6-4-14/h3-6,12,15,19H,7-11,13,26H2,1-2H3,(H,27,32). The van der Waals surface area contributed by atoms with E-state index >= 15 is 0 Å². The van der Waals surface area contributed by atoms with Crippen LogP contribution < -0.4 is 20.9 Å². The molecule has 1 fully saturated rings. The van der Waals surface area contributed by atoms with Crippen LogP contribution in [0.2, 0.25) is 0 Å². The van der Waals surface area contributed by atoms with Crippen molar-refractivity contribution >= 4 is 23.4 Å². The van der Waals surface area contributed by atoms with E-state index in [0.29, 0.717) is 30.4 Å². The van der Waals surface area contributed by atoms with Gasteiger partial charge in [-0.1, -0.05) is 12.1 Å². The maximum Gasteiger partial charge on any atom is 0.287 e. The molecule has 0 saturated carbocycles. The summed E-state index contributed by atoms with van der Waals surface area (Å²) in [7, 11) is 2.81. The summed E-state index contributed by atoms with van der Waals surface area (Å²) in [4.78, 5) is 44.0. The quantitative estimate of drug-likeness (QED) is 0.485. The molecule has 10 heteroatoms. The number of aromatic nitrogens is 1. The molecule has 1 atom stereocenters. The highest BCUT2D eigenvalue weighted by Gasteiger charge is 2.39. The van der Waals surface area contributed by atoms with Crippen LogP contribution in [0.25, 0.3) is 0 Å². The number of ketones is 1. The van der Waals surface area contributed by atoms with Gasteiger partial charge in [-0.3, -0.25) is 19.4 Å². The number of amides is 2. The number of anilines is 1. The lowest BCUT2D eigenvalue weighted by Crippen LogP contribution is -2.39. The van der Waals surface area contributed by atoms with E-state index in [1.54, 1.807) is 23.1 Å². The minimum Gasteiger partial charge on any atom is -0.480 e. The Morgan fingerprint density at radius 2 is 1.88 bits per heavy atom. The number of nitrogens with zero attached hydrogens (tertiary/aromatic N) is 3. The average molecular weight is 470 g/mol. The first kappa shape index (κ1) is 23.6. The molecular weight excluding hydrogens is 441 g/mol. The van der Waals surface area contributed by atoms with Crippen LogP contribution in [-0.4, -0.2) is 61.3 Å². The second kappa shape index (κ2) is 9.76. The zero-order valence-corrected chi connectivity index (χ0v) is 19.2. The fraction of sp³-hybridized carbons (Fsp3) is 0.417. The third-order valence-electron chi connectivity index (χ3n) is 6.55. The van der Waals surface area contributed by atoms with Gasteiger partial charge >= 0.3 is 0 Å². The van der Waals surface area contributed by atoms with E-state index in [1.807, 2.05) is 0 Å². The molecule has 1 unspecified atom stereocenters. The molecule has 1 aromatic carbocycles. The van der Waals surface area contributed by atoms with Crippen LogP contribution in [0.4, 0.5) is 10.2 Å². The van der Waals surface area contributed by atoms with Gasteiger partial charge < -0.3 is 15.0 Å². The number of pyridine rings is 1. The molecule has 0 radical (unpaired) electrons. The van der Waals surface area contributed by atoms with Crippen LogP contribution in [0.15, 0.2) is 30.3 Å². The lowest BCUT2D eigenvalue weighted by molar-refractivity contribution is -0.138. The number of halogens is 1. The van der Waals surface area contributed by atoms with Crippen LogP contribution in [0.1, 0.15) is 40.2 Å². The molecule has 180 valence electrons. The molecule has 1 saturated heterocycles. The van der Waals surface area contributed by atoms with Crippen molar-refractivity contribution in [1.82, 2.24) is 15.2 Å². The first-order valence-corrected chi connectivity index (χ1v) is 11.2. The number of carbonyl (C=O) groups is 3. The van der Waals surface area contributed by atoms with E-state index in [2.05, 4.69) is 10.3 Å². The largest absolute Gasteiger partial charge is 0.480 e. The van der Waals surface area contributed by atoms with Crippen molar-refractivity contribution in [3.8, 4) is 5.88 Å². The maximum absolute atomic E-state index is 13.4. The Bertz CT molecular complexity index is 1100. The molecule has 3 heterocycles. The number of rotatable bonds is 6. The number of nitrogens with two attached hydrogens (primary N) is 1. The normalized spacial score (nSPS) is 17.9. The van der Waals surface area contributed by atoms with Gasteiger partial charge in [0, 0.05) is 25.7 Å². The van der Waals surface area contributed by atoms with Crippen LogP contribution in [-0.2, 0) is 16.0 Å². The van der Waals surface area contributed by atoms with Gasteiger partial charge in [0.1, 0.15) is 11.4 Å². The Morgan fingerprint density at radius 3 is 2.50 bits per heavy atom. The molecule has 0 aliphatic carbocycles. The number of hydrogen-bond donors (Lipinski definition) is 2. The van der Waals surface area contributed by atoms with Gasteiger partial charge in [-0.15, -0.1) is 0 Å². The molecule has 2 amide bonds. The second-order valence-electron chi connectivity index (χ2n) is 8.67. The van der Waals surface area contributed by atoms with Gasteiger partial charge in [0.15, 0.2) is 5.82 Å². The van der Waals surface area contributed by atoms with Gasteiger partial charge in [-0.2, -0.15) is 4.98 Å². The number of ether oxygens (including phenoxy) is 1. The Balaban J connectivity index is 1.50. The summed E-state index contributed by atoms with van der Waals surface area (Å²) < 4.78 is 18.5. The molecule has 0 bridgehead atoms. The summed E-state index contributed by atoms with van der Waals surface area (Å²) in [6.07, 6.45) is 2.47. The highest BCUT2D eigenvalue weighted by Crippen LogP contribution is 2.37. The third kappa shape index (κ3) is 4.58. The smallest absolute Gasteiger partial charge is 0.287 e. The number of hydrogen-bond acceptors (Lipinski definition) is 7. The summed E-state index contributed by atoms with van der Waals surface area (Å²) in [6.45, 7) is 1.22. The van der Waals surface area contributed by atoms with E-state index in [1.165, 1.54) is 31.3 Å². The number of piperidine rings is 1. The molecule has 0 spiro atoms. The Morgan fingerprint density at radius 1 is 1.21 bits per heavy atom. The third-order valence-corrected chi connectivity index (χ3v) is 6.55. The molecule has 34 heavy (non-hydrogen) atoms. The number of carbonyl (C=O) groups excluding carboxylic acids is 3. The Hall–Kier alpha value is -3.53. The first-order chi connectivity index (χ1) is 16.3. The number of nitrogens with one attached hydrogen (secondary N) is 1. The number of Topliss-reactive ketones (excluding diaryl/α,β-unsaturated/α-hetero) is 1. The Kier molecular flexibility index (Phi) is 6.78. The minimum atomic E-state index is -0.814. The van der Waals surface area contributed by atoms with E-state index in [9.17, 15) is 18.8 Å². The number of likely N-dealkylation sites (N-methyl/N-ethyl adjacent to an activating group) is 1. The predicted octanol–water partition coefficient (Wildman–Crippen LogP) is 1.42. The highest BCUT2D eigenvalue weighted by atomic mass is 19.1. The van der Waals surface area contributed by atoms with E-state index in [0.717, 1.165) is 24.8 Å². The summed E-state index contributed by atoms with van der Waals surface area (Å²) in [5, 5.41) is 3.63. The molecule has 9 nitrogen and oxygen atoms in total. The van der Waals surface area contributed by atoms with Gasteiger partial charge in [-0.05, 0) is 48.9 Å². The van der Waals surface area contributed by atoms with Crippen molar-refractivity contribution in [2.45, 2.75) is 25.2 Å². The SMILES string of the molecule is CNC(=O)C(=O)C1CN(N)c2nc(OC)c(C(=O)N3CCC(Cc4ccc(F)cc4)CC3)cc21. The molecule has 2 aliphatic rings. The predicted molar refractivity (Wildman–Crippen MR) is 123 cm³/mol. The number of fused-ring (bicyclic) bond motifs is 1. The van der Waals surface area contributed by atoms with E-state index in [4.69, 9.17) is 10.6 Å². The molecule has 1 aromatic heterocycles. The van der Waals surface area contributed by atoms with E-state index in [-0.39, 0.29) is 29.7 Å². The zero-order chi connectivity index (χ0) is 24.4. The number of benzene rings is 1. The number of hydrazine groups is 1. The maximum atomic E-state index is 13.4. The lowest BCUT2D eigenvalue weighted by atomic mass is 9.90. The number of likely N-dealkylation sites (tertiary alicyclic amines) is 1. The van der Waals surface area contributed by atoms with Crippen molar-refractivity contribution in [2.24, 2.45) is 11.8 Å². The molecule has 2 aromatic rings. The minimum absolute atomic E-state index is 0.0875. The van der Waals surface area contributed by atoms with E-state index < -0.39 is 17.6 Å². The molecule has 3 N–H and O–H groups in total. The van der Waals surface area contributed by atoms with Crippen molar-refractivity contribution in [2.75, 3.05) is 38.8 Å². The summed E-state index contributed by atoms with van der Waals surface area (Å²) in [6, 6.07) is 8.10. The molecule has 4 rings (SSSR count). The fourth-order valence-corrected chi connectivity index (χ4v) is 4.65. The van der Waals surface area contributed by atoms with Crippen LogP contribution >= 0.6 is 0 Å². The summed E-state index contributed by atoms with van der Waals surface area (Å²) in [5.74, 6) is 4.18. The first-order valence-electron chi connectivity index (χ1n) is 11.2. The van der Waals surface area contributed by atoms with Gasteiger partial charge in [0.25, 0.3) is 11.8 Å². The molecule has 2 aliphatic heterocycles. The van der Waals surface area contributed by atoms with Crippen LogP contribution in [0.5, 0.6) is 5.88 Å². The van der Waals surface area contributed by atoms with Gasteiger partial charge in [0.2, 0.25) is 11.7 Å². The monoisotopic (exact) mass is 469 g/mol. The van der Waals surface area contributed by atoms with Crippen LogP contribution in [0, 0.1) is 11.7 Å². The second-order valence-corrected chi connectivity index (χ2v) is 8.67. The fourth-order valence-electron chi connectivity index (χ4n) is 4.65. The highest BCUT2D eigenvalue weighted by molar-refractivity contribution is 6.38. The topological polar surface area (TPSA) is 118 Å². The Labute approximate surface area is 197 Å².